The summed E-state index contributed by atoms with van der Waals surface area (Å²) in [6, 6.07) is 6.93. The second-order valence-electron chi connectivity index (χ2n) is 7.34. The molecule has 2 aromatic rings. The van der Waals surface area contributed by atoms with Crippen LogP contribution in [0.5, 0.6) is 0 Å². The third-order valence-corrected chi connectivity index (χ3v) is 7.43. The first-order valence-electron chi connectivity index (χ1n) is 9.53. The number of aryl methyl sites for hydroxylation is 1. The molecule has 6 nitrogen and oxygen atoms in total. The van der Waals surface area contributed by atoms with E-state index in [9.17, 15) is 18.5 Å². The molecule has 1 aliphatic heterocycles. The van der Waals surface area contributed by atoms with Gasteiger partial charge in [0, 0.05) is 23.5 Å². The van der Waals surface area contributed by atoms with Crippen molar-refractivity contribution in [3.8, 4) is 6.07 Å². The first-order chi connectivity index (χ1) is 13.9. The number of pyridine rings is 1. The number of aromatic amines is 1. The number of aromatic nitrogens is 1. The van der Waals surface area contributed by atoms with Crippen molar-refractivity contribution in [1.29, 1.82) is 5.26 Å². The van der Waals surface area contributed by atoms with Crippen LogP contribution in [0.3, 0.4) is 0 Å². The topological polar surface area (TPSA) is 94.0 Å². The minimum absolute atomic E-state index is 0.118. The Hall–Kier alpha value is -3.11. The Balaban J connectivity index is 1.90. The fraction of sp³-hybridized carbons (Fsp3) is 0.273. The van der Waals surface area contributed by atoms with Crippen LogP contribution in [-0.2, 0) is 10.0 Å². The molecule has 4 rings (SSSR count). The van der Waals surface area contributed by atoms with Crippen molar-refractivity contribution < 1.29 is 8.42 Å². The number of fused-ring (bicyclic) bond motifs is 1. The van der Waals surface area contributed by atoms with E-state index >= 15 is 0 Å². The highest BCUT2D eigenvalue weighted by atomic mass is 32.2. The molecule has 2 aliphatic rings. The van der Waals surface area contributed by atoms with E-state index in [4.69, 9.17) is 0 Å². The maximum Gasteiger partial charge on any atom is 0.264 e. The minimum Gasteiger partial charge on any atom is -0.328 e. The number of nitriles is 1. The smallest absolute Gasteiger partial charge is 0.264 e. The van der Waals surface area contributed by atoms with Crippen LogP contribution in [0.1, 0.15) is 31.7 Å². The number of rotatable bonds is 3. The average molecular weight is 407 g/mol. The van der Waals surface area contributed by atoms with E-state index in [1.54, 1.807) is 31.2 Å². The SMILES string of the molecule is CCC1=CC(C#N)=CC2=C(CCN2S(=O)(=O)c2cccc3c(=O)[nH]cc(C)c23)C1. The summed E-state index contributed by atoms with van der Waals surface area (Å²) in [6.07, 6.45) is 7.18. The standard InChI is InChI=1S/C22H21N3O3S/c1-3-15-9-16(12-23)11-19-17(10-15)7-8-25(19)29(27,28)20-6-4-5-18-21(20)14(2)13-24-22(18)26/h4-6,9,11,13H,3,7-8,10H2,1-2H3,(H,24,26). The highest BCUT2D eigenvalue weighted by molar-refractivity contribution is 7.89. The third-order valence-electron chi connectivity index (χ3n) is 5.58. The lowest BCUT2D eigenvalue weighted by atomic mass is 10.0. The molecule has 1 N–H and O–H groups in total. The van der Waals surface area contributed by atoms with Crippen molar-refractivity contribution >= 4 is 20.8 Å². The van der Waals surface area contributed by atoms with Crippen LogP contribution in [-0.4, -0.2) is 24.3 Å². The predicted octanol–water partition coefficient (Wildman–Crippen LogP) is 3.68. The van der Waals surface area contributed by atoms with Crippen molar-refractivity contribution in [3.05, 3.63) is 74.9 Å². The van der Waals surface area contributed by atoms with Gasteiger partial charge in [0.2, 0.25) is 0 Å². The molecule has 29 heavy (non-hydrogen) atoms. The monoisotopic (exact) mass is 407 g/mol. The summed E-state index contributed by atoms with van der Waals surface area (Å²) < 4.78 is 28.7. The molecule has 0 atom stereocenters. The number of H-pyrrole nitrogens is 1. The van der Waals surface area contributed by atoms with Crippen molar-refractivity contribution in [3.63, 3.8) is 0 Å². The summed E-state index contributed by atoms with van der Waals surface area (Å²) in [5, 5.41) is 10.3. The molecule has 7 heteroatoms. The molecular weight excluding hydrogens is 386 g/mol. The van der Waals surface area contributed by atoms with Gasteiger partial charge in [-0.15, -0.1) is 0 Å². The largest absolute Gasteiger partial charge is 0.328 e. The molecule has 0 amide bonds. The van der Waals surface area contributed by atoms with E-state index in [0.717, 1.165) is 17.6 Å². The highest BCUT2D eigenvalue weighted by Crippen LogP contribution is 2.38. The maximum atomic E-state index is 13.7. The van der Waals surface area contributed by atoms with Gasteiger partial charge < -0.3 is 4.98 Å². The Morgan fingerprint density at radius 1 is 1.28 bits per heavy atom. The van der Waals surface area contributed by atoms with Crippen molar-refractivity contribution in [2.45, 2.75) is 38.0 Å². The molecule has 0 spiro atoms. The Kier molecular flexibility index (Phi) is 4.67. The van der Waals surface area contributed by atoms with Crippen molar-refractivity contribution in [1.82, 2.24) is 9.29 Å². The van der Waals surface area contributed by atoms with Gasteiger partial charge in [0.15, 0.2) is 0 Å². The van der Waals surface area contributed by atoms with E-state index in [0.29, 0.717) is 47.0 Å². The van der Waals surface area contributed by atoms with Crippen LogP contribution < -0.4 is 5.56 Å². The second-order valence-corrected chi connectivity index (χ2v) is 9.17. The summed E-state index contributed by atoms with van der Waals surface area (Å²) in [6.45, 7) is 4.15. The Labute approximate surface area is 169 Å². The summed E-state index contributed by atoms with van der Waals surface area (Å²) in [4.78, 5) is 15.0. The van der Waals surface area contributed by atoms with Gasteiger partial charge in [0.1, 0.15) is 0 Å². The molecule has 148 valence electrons. The van der Waals surface area contributed by atoms with E-state index in [1.165, 1.54) is 10.5 Å². The quantitative estimate of drug-likeness (QED) is 0.840. The predicted molar refractivity (Wildman–Crippen MR) is 112 cm³/mol. The van der Waals surface area contributed by atoms with Crippen LogP contribution >= 0.6 is 0 Å². The van der Waals surface area contributed by atoms with Gasteiger partial charge in [-0.3, -0.25) is 9.10 Å². The Morgan fingerprint density at radius 3 is 2.79 bits per heavy atom. The third kappa shape index (κ3) is 3.10. The highest BCUT2D eigenvalue weighted by Gasteiger charge is 2.34. The van der Waals surface area contributed by atoms with Gasteiger partial charge in [0.05, 0.1) is 22.2 Å². The van der Waals surface area contributed by atoms with Crippen LogP contribution in [0.25, 0.3) is 10.8 Å². The summed E-state index contributed by atoms with van der Waals surface area (Å²) >= 11 is 0. The molecule has 1 aromatic heterocycles. The Morgan fingerprint density at radius 2 is 2.07 bits per heavy atom. The van der Waals surface area contributed by atoms with Crippen LogP contribution in [0, 0.1) is 18.3 Å². The first-order valence-corrected chi connectivity index (χ1v) is 11.0. The van der Waals surface area contributed by atoms with Crippen molar-refractivity contribution in [2.24, 2.45) is 0 Å². The van der Waals surface area contributed by atoms with Crippen molar-refractivity contribution in [2.75, 3.05) is 6.54 Å². The molecule has 0 bridgehead atoms. The molecular formula is C22H21N3O3S. The van der Waals surface area contributed by atoms with Gasteiger partial charge >= 0.3 is 0 Å². The number of allylic oxidation sites excluding steroid dienone is 4. The van der Waals surface area contributed by atoms with Gasteiger partial charge in [0.25, 0.3) is 15.6 Å². The summed E-state index contributed by atoms with van der Waals surface area (Å²) in [5.74, 6) is 0. The second kappa shape index (κ2) is 7.05. The van der Waals surface area contributed by atoms with Gasteiger partial charge in [-0.25, -0.2) is 8.42 Å². The lowest BCUT2D eigenvalue weighted by Crippen LogP contribution is -2.28. The van der Waals surface area contributed by atoms with Gasteiger partial charge in [-0.05, 0) is 61.6 Å². The van der Waals surface area contributed by atoms with Gasteiger partial charge in [-0.1, -0.05) is 18.6 Å². The minimum atomic E-state index is -3.90. The molecule has 0 saturated carbocycles. The summed E-state index contributed by atoms with van der Waals surface area (Å²) in [7, 11) is -3.90. The number of sulfonamides is 1. The molecule has 0 fully saturated rings. The number of hydrogen-bond acceptors (Lipinski definition) is 4. The normalized spacial score (nSPS) is 16.9. The zero-order chi connectivity index (χ0) is 20.8. The molecule has 0 radical (unpaired) electrons. The number of benzene rings is 1. The fourth-order valence-electron chi connectivity index (χ4n) is 4.07. The van der Waals surface area contributed by atoms with E-state index in [2.05, 4.69) is 11.1 Å². The first kappa shape index (κ1) is 19.2. The van der Waals surface area contributed by atoms with Crippen LogP contribution in [0.4, 0.5) is 0 Å². The van der Waals surface area contributed by atoms with E-state index in [-0.39, 0.29) is 10.5 Å². The van der Waals surface area contributed by atoms with Crippen LogP contribution in [0.2, 0.25) is 0 Å². The lowest BCUT2D eigenvalue weighted by Gasteiger charge is -2.22. The fourth-order valence-corrected chi connectivity index (χ4v) is 5.86. The number of nitrogens with one attached hydrogen (secondary N) is 1. The zero-order valence-electron chi connectivity index (χ0n) is 16.3. The Bertz CT molecular complexity index is 1320. The molecule has 1 aromatic carbocycles. The molecule has 0 saturated heterocycles. The van der Waals surface area contributed by atoms with Crippen LogP contribution in [0.15, 0.2) is 68.7 Å². The summed E-state index contributed by atoms with van der Waals surface area (Å²) in [5.41, 5.74) is 3.56. The number of hydrogen-bond donors (Lipinski definition) is 1. The zero-order valence-corrected chi connectivity index (χ0v) is 17.1. The number of nitrogens with zero attached hydrogens (tertiary/aromatic N) is 2. The average Bonchev–Trinajstić information content (AvgIpc) is 3.02. The molecule has 1 aliphatic carbocycles. The maximum absolute atomic E-state index is 13.7. The molecule has 0 unspecified atom stereocenters. The van der Waals surface area contributed by atoms with E-state index < -0.39 is 10.0 Å². The molecule has 2 heterocycles. The van der Waals surface area contributed by atoms with Gasteiger partial charge in [-0.2, -0.15) is 5.26 Å². The lowest BCUT2D eigenvalue weighted by molar-refractivity contribution is 0.507. The van der Waals surface area contributed by atoms with E-state index in [1.807, 2.05) is 13.0 Å².